The number of fused-ring (bicyclic) bond motifs is 1. The number of nitro benzene ring substituents is 1. The predicted molar refractivity (Wildman–Crippen MR) is 103 cm³/mol. The largest absolute Gasteiger partial charge is 0.309 e. The Balaban J connectivity index is 2.13. The van der Waals surface area contributed by atoms with Crippen molar-refractivity contribution in [3.05, 3.63) is 93.4 Å². The fraction of sp³-hybridized carbons (Fsp3) is 0. The van der Waals surface area contributed by atoms with Crippen molar-refractivity contribution in [3.63, 3.8) is 0 Å². The normalized spacial score (nSPS) is 10.9. The first-order chi connectivity index (χ1) is 12.2. The smallest absolute Gasteiger partial charge is 0.279 e. The van der Waals surface area contributed by atoms with Crippen LogP contribution in [0.15, 0.2) is 83.3 Å². The van der Waals surface area contributed by atoms with Gasteiger partial charge in [-0.3, -0.25) is 10.1 Å². The third-order valence-corrected chi connectivity index (χ3v) is 4.83. The molecule has 4 aromatic rings. The highest BCUT2D eigenvalue weighted by atomic mass is 79.9. The van der Waals surface area contributed by atoms with E-state index in [1.807, 2.05) is 66.7 Å². The Morgan fingerprint density at radius 1 is 0.880 bits per heavy atom. The van der Waals surface area contributed by atoms with Gasteiger partial charge in [-0.05, 0) is 46.3 Å². The molecular formula is C20H13BrN2O2. The molecule has 0 atom stereocenters. The van der Waals surface area contributed by atoms with Crippen LogP contribution in [0.5, 0.6) is 0 Å². The first-order valence-corrected chi connectivity index (χ1v) is 8.55. The molecule has 4 rings (SSSR count). The lowest BCUT2D eigenvalue weighted by molar-refractivity contribution is -0.384. The monoisotopic (exact) mass is 392 g/mol. The maximum absolute atomic E-state index is 11.6. The molecule has 1 aromatic heterocycles. The number of halogens is 1. The molecule has 0 fully saturated rings. The van der Waals surface area contributed by atoms with E-state index in [4.69, 9.17) is 0 Å². The van der Waals surface area contributed by atoms with Crippen LogP contribution in [0, 0.1) is 10.1 Å². The molecule has 0 unspecified atom stereocenters. The molecule has 0 spiro atoms. The van der Waals surface area contributed by atoms with Crippen LogP contribution in [0.25, 0.3) is 27.8 Å². The van der Waals surface area contributed by atoms with Crippen molar-refractivity contribution < 1.29 is 4.92 Å². The van der Waals surface area contributed by atoms with E-state index in [-0.39, 0.29) is 10.6 Å². The van der Waals surface area contributed by atoms with Gasteiger partial charge in [-0.15, -0.1) is 0 Å². The maximum atomic E-state index is 11.6. The molecule has 0 amide bonds. The van der Waals surface area contributed by atoms with Gasteiger partial charge in [0.1, 0.15) is 0 Å². The summed E-state index contributed by atoms with van der Waals surface area (Å²) in [5.41, 5.74) is 3.41. The number of nitrogens with zero attached hydrogens (tertiary/aromatic N) is 2. The zero-order chi connectivity index (χ0) is 17.4. The fourth-order valence-electron chi connectivity index (χ4n) is 3.11. The maximum Gasteiger partial charge on any atom is 0.279 e. The zero-order valence-electron chi connectivity index (χ0n) is 13.1. The van der Waals surface area contributed by atoms with Crippen LogP contribution in [0.1, 0.15) is 0 Å². The topological polar surface area (TPSA) is 48.1 Å². The number of benzene rings is 3. The molecule has 0 aliphatic carbocycles. The Labute approximate surface area is 152 Å². The van der Waals surface area contributed by atoms with Crippen LogP contribution in [-0.2, 0) is 0 Å². The number of aromatic nitrogens is 1. The van der Waals surface area contributed by atoms with E-state index in [0.29, 0.717) is 10.0 Å². The van der Waals surface area contributed by atoms with Gasteiger partial charge in [0.05, 0.1) is 21.7 Å². The summed E-state index contributed by atoms with van der Waals surface area (Å²) in [5.74, 6) is 0. The lowest BCUT2D eigenvalue weighted by Crippen LogP contribution is -1.99. The summed E-state index contributed by atoms with van der Waals surface area (Å²) in [6.07, 6.45) is 0. The van der Waals surface area contributed by atoms with Crippen LogP contribution in [0.4, 0.5) is 5.69 Å². The van der Waals surface area contributed by atoms with E-state index < -0.39 is 0 Å². The van der Waals surface area contributed by atoms with E-state index in [9.17, 15) is 10.1 Å². The molecule has 0 bridgehead atoms. The van der Waals surface area contributed by atoms with Crippen molar-refractivity contribution in [2.45, 2.75) is 0 Å². The van der Waals surface area contributed by atoms with Crippen LogP contribution in [0.2, 0.25) is 0 Å². The summed E-state index contributed by atoms with van der Waals surface area (Å²) in [5, 5.41) is 12.6. The number of hydrogen-bond acceptors (Lipinski definition) is 2. The standard InChI is InChI=1S/C20H13BrN2O2/c21-16-10-6-12-18(23(24)25)20(16)19-13-14-7-4-5-11-17(14)22(19)15-8-2-1-3-9-15/h1-13H. The van der Waals surface area contributed by atoms with Crippen molar-refractivity contribution >= 4 is 32.5 Å². The van der Waals surface area contributed by atoms with Gasteiger partial charge < -0.3 is 4.57 Å². The van der Waals surface area contributed by atoms with Crippen LogP contribution < -0.4 is 0 Å². The molecule has 1 heterocycles. The predicted octanol–water partition coefficient (Wildman–Crippen LogP) is 5.97. The molecule has 25 heavy (non-hydrogen) atoms. The number of para-hydroxylation sites is 2. The van der Waals surface area contributed by atoms with Crippen molar-refractivity contribution in [2.24, 2.45) is 0 Å². The van der Waals surface area contributed by atoms with Gasteiger partial charge in [-0.2, -0.15) is 0 Å². The first-order valence-electron chi connectivity index (χ1n) is 7.76. The Bertz CT molecular complexity index is 1090. The molecular weight excluding hydrogens is 380 g/mol. The molecule has 0 saturated carbocycles. The molecule has 5 heteroatoms. The van der Waals surface area contributed by atoms with Gasteiger partial charge in [-0.1, -0.05) is 42.5 Å². The second kappa shape index (κ2) is 6.18. The van der Waals surface area contributed by atoms with E-state index in [0.717, 1.165) is 22.3 Å². The zero-order valence-corrected chi connectivity index (χ0v) is 14.7. The van der Waals surface area contributed by atoms with E-state index in [1.54, 1.807) is 6.07 Å². The van der Waals surface area contributed by atoms with E-state index in [1.165, 1.54) is 6.07 Å². The summed E-state index contributed by atoms with van der Waals surface area (Å²) >= 11 is 3.50. The molecule has 0 saturated heterocycles. The Kier molecular flexibility index (Phi) is 3.86. The SMILES string of the molecule is O=[N+]([O-])c1cccc(Br)c1-c1cc2ccccc2n1-c1ccccc1. The molecule has 122 valence electrons. The third kappa shape index (κ3) is 2.62. The minimum Gasteiger partial charge on any atom is -0.309 e. The summed E-state index contributed by atoms with van der Waals surface area (Å²) in [6.45, 7) is 0. The number of nitro groups is 1. The van der Waals surface area contributed by atoms with Gasteiger partial charge in [0.25, 0.3) is 5.69 Å². The van der Waals surface area contributed by atoms with E-state index in [2.05, 4.69) is 20.5 Å². The highest BCUT2D eigenvalue weighted by molar-refractivity contribution is 9.10. The van der Waals surface area contributed by atoms with Gasteiger partial charge >= 0.3 is 0 Å². The lowest BCUT2D eigenvalue weighted by atomic mass is 10.1. The molecule has 0 N–H and O–H groups in total. The summed E-state index contributed by atoms with van der Waals surface area (Å²) in [7, 11) is 0. The lowest BCUT2D eigenvalue weighted by Gasteiger charge is -2.12. The quantitative estimate of drug-likeness (QED) is 0.318. The van der Waals surface area contributed by atoms with Gasteiger partial charge in [0, 0.05) is 21.6 Å². The van der Waals surface area contributed by atoms with Crippen molar-refractivity contribution in [1.29, 1.82) is 0 Å². The third-order valence-electron chi connectivity index (χ3n) is 4.17. The summed E-state index contributed by atoms with van der Waals surface area (Å²) in [6, 6.07) is 24.9. The van der Waals surface area contributed by atoms with Gasteiger partial charge in [0.2, 0.25) is 0 Å². The number of hydrogen-bond donors (Lipinski definition) is 0. The minimum atomic E-state index is -0.340. The van der Waals surface area contributed by atoms with Crippen molar-refractivity contribution in [2.75, 3.05) is 0 Å². The van der Waals surface area contributed by atoms with Crippen LogP contribution >= 0.6 is 15.9 Å². The highest BCUT2D eigenvalue weighted by Crippen LogP contribution is 2.40. The fourth-order valence-corrected chi connectivity index (χ4v) is 3.67. The summed E-state index contributed by atoms with van der Waals surface area (Å²) in [4.78, 5) is 11.2. The second-order valence-electron chi connectivity index (χ2n) is 5.65. The van der Waals surface area contributed by atoms with E-state index >= 15 is 0 Å². The average Bonchev–Trinajstić information content (AvgIpc) is 3.01. The van der Waals surface area contributed by atoms with Crippen LogP contribution in [0.3, 0.4) is 0 Å². The molecule has 0 radical (unpaired) electrons. The molecule has 0 aliphatic rings. The molecule has 0 aliphatic heterocycles. The first kappa shape index (κ1) is 15.6. The molecule has 3 aromatic carbocycles. The van der Waals surface area contributed by atoms with Gasteiger partial charge in [-0.25, -0.2) is 0 Å². The number of rotatable bonds is 3. The van der Waals surface area contributed by atoms with Crippen molar-refractivity contribution in [1.82, 2.24) is 4.57 Å². The van der Waals surface area contributed by atoms with Crippen LogP contribution in [-0.4, -0.2) is 9.49 Å². The highest BCUT2D eigenvalue weighted by Gasteiger charge is 2.23. The Morgan fingerprint density at radius 3 is 2.36 bits per heavy atom. The average molecular weight is 393 g/mol. The summed E-state index contributed by atoms with van der Waals surface area (Å²) < 4.78 is 2.75. The van der Waals surface area contributed by atoms with Gasteiger partial charge in [0.15, 0.2) is 0 Å². The Morgan fingerprint density at radius 2 is 1.60 bits per heavy atom. The Hall–Kier alpha value is -2.92. The molecule has 4 nitrogen and oxygen atoms in total. The second-order valence-corrected chi connectivity index (χ2v) is 6.50. The minimum absolute atomic E-state index is 0.0781. The van der Waals surface area contributed by atoms with Crippen molar-refractivity contribution in [3.8, 4) is 16.9 Å².